The van der Waals surface area contributed by atoms with Crippen molar-refractivity contribution in [1.82, 2.24) is 15.2 Å². The number of hydrogen-bond acceptors (Lipinski definition) is 4. The van der Waals surface area contributed by atoms with Gasteiger partial charge in [0.15, 0.2) is 0 Å². The van der Waals surface area contributed by atoms with Gasteiger partial charge < -0.3 is 0 Å². The number of amides is 1. The van der Waals surface area contributed by atoms with Crippen LogP contribution in [0.5, 0.6) is 0 Å². The average molecular weight is 262 g/mol. The Morgan fingerprint density at radius 2 is 2.33 bits per heavy atom. The number of hydrogen-bond donors (Lipinski definition) is 1. The summed E-state index contributed by atoms with van der Waals surface area (Å²) in [4.78, 5) is 12.3. The van der Waals surface area contributed by atoms with Crippen LogP contribution in [0.3, 0.4) is 0 Å². The number of aromatic nitrogens is 2. The predicted octanol–water partition coefficient (Wildman–Crippen LogP) is 1.86. The van der Waals surface area contributed by atoms with Gasteiger partial charge in [-0.25, -0.2) is 5.43 Å². The topological polar surface area (TPSA) is 59.3 Å². The number of hydrazone groups is 1. The van der Waals surface area contributed by atoms with Crippen molar-refractivity contribution in [2.75, 3.05) is 0 Å². The minimum Gasteiger partial charge on any atom is -0.272 e. The average Bonchev–Trinajstić information content (AvgIpc) is 2.93. The maximum atomic E-state index is 11.6. The van der Waals surface area contributed by atoms with Gasteiger partial charge in [-0.2, -0.15) is 10.2 Å². The molecular formula is C12H14N4OS. The maximum absolute atomic E-state index is 11.6. The smallest absolute Gasteiger partial charge is 0.272 e. The summed E-state index contributed by atoms with van der Waals surface area (Å²) in [6.45, 7) is 3.87. The third-order valence-electron chi connectivity index (χ3n) is 2.67. The van der Waals surface area contributed by atoms with Crippen LogP contribution in [0, 0.1) is 13.8 Å². The first-order chi connectivity index (χ1) is 8.59. The second-order valence-corrected chi connectivity index (χ2v) is 4.83. The second-order valence-electron chi connectivity index (χ2n) is 3.88. The van der Waals surface area contributed by atoms with Crippen LogP contribution < -0.4 is 5.43 Å². The first-order valence-corrected chi connectivity index (χ1v) is 6.34. The summed E-state index contributed by atoms with van der Waals surface area (Å²) in [5.74, 6) is -0.194. The lowest BCUT2D eigenvalue weighted by molar-refractivity contribution is 0.0959. The first kappa shape index (κ1) is 12.5. The summed E-state index contributed by atoms with van der Waals surface area (Å²) < 4.78 is 1.79. The molecule has 0 spiro atoms. The molecule has 0 aromatic carbocycles. The fourth-order valence-electron chi connectivity index (χ4n) is 1.60. The lowest BCUT2D eigenvalue weighted by Crippen LogP contribution is -2.16. The SMILES string of the molecule is Cc1nn(C)c(C)c1/C=N\NC(=O)c1cccs1. The minimum absolute atomic E-state index is 0.194. The van der Waals surface area contributed by atoms with E-state index in [0.717, 1.165) is 17.0 Å². The van der Waals surface area contributed by atoms with Crippen LogP contribution in [-0.4, -0.2) is 21.9 Å². The largest absolute Gasteiger partial charge is 0.281 e. The molecule has 6 heteroatoms. The van der Waals surface area contributed by atoms with Crippen molar-refractivity contribution in [2.24, 2.45) is 12.1 Å². The fraction of sp³-hybridized carbons (Fsp3) is 0.250. The predicted molar refractivity (Wildman–Crippen MR) is 72.1 cm³/mol. The molecule has 0 radical (unpaired) electrons. The van der Waals surface area contributed by atoms with Crippen molar-refractivity contribution < 1.29 is 4.79 Å². The number of nitrogens with one attached hydrogen (secondary N) is 1. The van der Waals surface area contributed by atoms with E-state index in [9.17, 15) is 4.79 Å². The molecule has 18 heavy (non-hydrogen) atoms. The lowest BCUT2D eigenvalue weighted by Gasteiger charge is -1.96. The zero-order valence-electron chi connectivity index (χ0n) is 10.5. The Hall–Kier alpha value is -1.95. The summed E-state index contributed by atoms with van der Waals surface area (Å²) in [6, 6.07) is 3.59. The second kappa shape index (κ2) is 5.14. The number of carbonyl (C=O) groups excluding carboxylic acids is 1. The highest BCUT2D eigenvalue weighted by Gasteiger charge is 2.07. The molecule has 0 fully saturated rings. The van der Waals surface area contributed by atoms with E-state index in [0.29, 0.717) is 4.88 Å². The van der Waals surface area contributed by atoms with Gasteiger partial charge in [-0.3, -0.25) is 9.48 Å². The third-order valence-corrected chi connectivity index (χ3v) is 3.54. The molecule has 5 nitrogen and oxygen atoms in total. The van der Waals surface area contributed by atoms with E-state index < -0.39 is 0 Å². The summed E-state index contributed by atoms with van der Waals surface area (Å²) in [6.07, 6.45) is 1.63. The molecule has 0 saturated heterocycles. The van der Waals surface area contributed by atoms with Gasteiger partial charge in [-0.15, -0.1) is 11.3 Å². The standard InChI is InChI=1S/C12H14N4OS/c1-8-10(9(2)16(3)15-8)7-13-14-12(17)11-5-4-6-18-11/h4-7H,1-3H3,(H,14,17)/b13-7-. The van der Waals surface area contributed by atoms with Gasteiger partial charge in [-0.1, -0.05) is 6.07 Å². The van der Waals surface area contributed by atoms with Crippen molar-refractivity contribution >= 4 is 23.5 Å². The summed E-state index contributed by atoms with van der Waals surface area (Å²) in [5.41, 5.74) is 5.34. The van der Waals surface area contributed by atoms with Crippen LogP contribution in [0.1, 0.15) is 26.6 Å². The molecule has 2 aromatic heterocycles. The monoisotopic (exact) mass is 262 g/mol. The van der Waals surface area contributed by atoms with Crippen LogP contribution in [0.2, 0.25) is 0 Å². The van der Waals surface area contributed by atoms with E-state index in [4.69, 9.17) is 0 Å². The van der Waals surface area contributed by atoms with E-state index in [1.807, 2.05) is 32.3 Å². The molecule has 0 unspecified atom stereocenters. The molecule has 0 bridgehead atoms. The lowest BCUT2D eigenvalue weighted by atomic mass is 10.2. The van der Waals surface area contributed by atoms with Crippen molar-refractivity contribution in [1.29, 1.82) is 0 Å². The number of rotatable bonds is 3. The van der Waals surface area contributed by atoms with Crippen LogP contribution in [-0.2, 0) is 7.05 Å². The van der Waals surface area contributed by atoms with E-state index in [-0.39, 0.29) is 5.91 Å². The molecule has 1 N–H and O–H groups in total. The Morgan fingerprint density at radius 1 is 1.56 bits per heavy atom. The third kappa shape index (κ3) is 2.48. The molecule has 2 aromatic rings. The minimum atomic E-state index is -0.194. The number of thiophene rings is 1. The number of nitrogens with zero attached hydrogens (tertiary/aromatic N) is 3. The van der Waals surface area contributed by atoms with Crippen LogP contribution in [0.4, 0.5) is 0 Å². The van der Waals surface area contributed by atoms with E-state index in [1.54, 1.807) is 17.0 Å². The van der Waals surface area contributed by atoms with Crippen LogP contribution >= 0.6 is 11.3 Å². The molecule has 94 valence electrons. The van der Waals surface area contributed by atoms with Crippen LogP contribution in [0.15, 0.2) is 22.6 Å². The van der Waals surface area contributed by atoms with Gasteiger partial charge in [0.1, 0.15) is 0 Å². The Labute approximate surface area is 109 Å². The van der Waals surface area contributed by atoms with Crippen molar-refractivity contribution in [3.63, 3.8) is 0 Å². The molecule has 0 aliphatic heterocycles. The molecule has 0 aliphatic rings. The van der Waals surface area contributed by atoms with E-state index in [1.165, 1.54) is 11.3 Å². The molecular weight excluding hydrogens is 248 g/mol. The maximum Gasteiger partial charge on any atom is 0.281 e. The Morgan fingerprint density at radius 3 is 2.89 bits per heavy atom. The van der Waals surface area contributed by atoms with Crippen molar-refractivity contribution in [2.45, 2.75) is 13.8 Å². The van der Waals surface area contributed by atoms with Crippen LogP contribution in [0.25, 0.3) is 0 Å². The molecule has 0 saturated carbocycles. The molecule has 0 aliphatic carbocycles. The van der Waals surface area contributed by atoms with E-state index >= 15 is 0 Å². The normalized spacial score (nSPS) is 11.1. The van der Waals surface area contributed by atoms with Crippen molar-refractivity contribution in [3.8, 4) is 0 Å². The molecule has 1 amide bonds. The van der Waals surface area contributed by atoms with Gasteiger partial charge in [0.2, 0.25) is 0 Å². The zero-order chi connectivity index (χ0) is 13.1. The van der Waals surface area contributed by atoms with E-state index in [2.05, 4.69) is 15.6 Å². The Kier molecular flexibility index (Phi) is 3.57. The zero-order valence-corrected chi connectivity index (χ0v) is 11.3. The quantitative estimate of drug-likeness (QED) is 0.678. The highest BCUT2D eigenvalue weighted by Crippen LogP contribution is 2.09. The first-order valence-electron chi connectivity index (χ1n) is 5.46. The molecule has 2 heterocycles. The van der Waals surface area contributed by atoms with Gasteiger partial charge >= 0.3 is 0 Å². The van der Waals surface area contributed by atoms with Crippen molar-refractivity contribution in [3.05, 3.63) is 39.3 Å². The highest BCUT2D eigenvalue weighted by molar-refractivity contribution is 7.12. The fourth-order valence-corrected chi connectivity index (χ4v) is 2.21. The Balaban J connectivity index is 2.06. The number of carbonyl (C=O) groups is 1. The number of aryl methyl sites for hydroxylation is 2. The van der Waals surface area contributed by atoms with Gasteiger partial charge in [-0.05, 0) is 25.3 Å². The Bertz CT molecular complexity index is 583. The summed E-state index contributed by atoms with van der Waals surface area (Å²) in [7, 11) is 1.88. The summed E-state index contributed by atoms with van der Waals surface area (Å²) >= 11 is 1.39. The molecule has 0 atom stereocenters. The van der Waals surface area contributed by atoms with Gasteiger partial charge in [0.05, 0.1) is 16.8 Å². The van der Waals surface area contributed by atoms with Gasteiger partial charge in [0, 0.05) is 18.3 Å². The summed E-state index contributed by atoms with van der Waals surface area (Å²) in [5, 5.41) is 10.1. The highest BCUT2D eigenvalue weighted by atomic mass is 32.1. The molecule has 2 rings (SSSR count). The van der Waals surface area contributed by atoms with Gasteiger partial charge in [0.25, 0.3) is 5.91 Å².